The van der Waals surface area contributed by atoms with Crippen LogP contribution < -0.4 is 15.4 Å². The molecule has 0 aromatic heterocycles. The van der Waals surface area contributed by atoms with Gasteiger partial charge >= 0.3 is 6.03 Å². The monoisotopic (exact) mass is 587 g/mol. The topological polar surface area (TPSA) is 124 Å². The number of hydrogen-bond donors (Lipinski definition) is 3. The molecule has 234 valence electrons. The van der Waals surface area contributed by atoms with Crippen LogP contribution in [0.1, 0.15) is 57.9 Å². The number of anilines is 1. The Labute approximate surface area is 249 Å². The highest BCUT2D eigenvalue weighted by Gasteiger charge is 2.32. The minimum Gasteiger partial charge on any atom is -0.488 e. The van der Waals surface area contributed by atoms with E-state index >= 15 is 0 Å². The van der Waals surface area contributed by atoms with Gasteiger partial charge in [0, 0.05) is 62.9 Å². The molecule has 0 bridgehead atoms. The zero-order valence-electron chi connectivity index (χ0n) is 25.5. The van der Waals surface area contributed by atoms with Gasteiger partial charge in [0.15, 0.2) is 0 Å². The number of morpholine rings is 1. The molecule has 11 nitrogen and oxygen atoms in total. The molecule has 0 spiro atoms. The Morgan fingerprint density at radius 2 is 1.90 bits per heavy atom. The summed E-state index contributed by atoms with van der Waals surface area (Å²) in [4.78, 5) is 44.8. The number of hydrogen-bond acceptors (Lipinski definition) is 7. The number of fused-ring (bicyclic) bond motifs is 1. The fourth-order valence-electron chi connectivity index (χ4n) is 5.92. The Hall–Kier alpha value is -2.89. The third-order valence-corrected chi connectivity index (χ3v) is 8.69. The van der Waals surface area contributed by atoms with Gasteiger partial charge in [0.1, 0.15) is 11.9 Å². The Bertz CT molecular complexity index is 1060. The van der Waals surface area contributed by atoms with Gasteiger partial charge < -0.3 is 35.0 Å². The van der Waals surface area contributed by atoms with E-state index in [0.717, 1.165) is 38.8 Å². The van der Waals surface area contributed by atoms with Gasteiger partial charge in [-0.15, -0.1) is 0 Å². The number of carbonyl (C=O) groups excluding carboxylic acids is 3. The van der Waals surface area contributed by atoms with E-state index in [1.165, 1.54) is 6.42 Å². The predicted octanol–water partition coefficient (Wildman–Crippen LogP) is 2.47. The second kappa shape index (κ2) is 15.5. The SMILES string of the molecule is C[C@@H]1CN([C@H](C)CO)C(=O)Cc2cc(NC(=O)CCN3CCOCC3)ccc2O[C@@H]1CN(C)C(=O)NC1CCCCC1. The lowest BCUT2D eigenvalue weighted by atomic mass is 9.96. The molecular formula is C31H49N5O6. The summed E-state index contributed by atoms with van der Waals surface area (Å²) in [5.74, 6) is 0.238. The number of likely N-dealkylation sites (N-methyl/N-ethyl adjacent to an activating group) is 1. The van der Waals surface area contributed by atoms with Crippen molar-refractivity contribution in [3.05, 3.63) is 23.8 Å². The highest BCUT2D eigenvalue weighted by molar-refractivity contribution is 5.91. The van der Waals surface area contributed by atoms with E-state index in [2.05, 4.69) is 15.5 Å². The molecule has 4 rings (SSSR count). The quantitative estimate of drug-likeness (QED) is 0.406. The van der Waals surface area contributed by atoms with Gasteiger partial charge in [-0.2, -0.15) is 0 Å². The van der Waals surface area contributed by atoms with Crippen molar-refractivity contribution in [2.75, 3.05) is 64.9 Å². The first-order valence-electron chi connectivity index (χ1n) is 15.5. The van der Waals surface area contributed by atoms with E-state index in [1.54, 1.807) is 35.0 Å². The molecule has 1 saturated heterocycles. The van der Waals surface area contributed by atoms with Gasteiger partial charge in [0.05, 0.1) is 38.8 Å². The first kappa shape index (κ1) is 32.0. The third-order valence-electron chi connectivity index (χ3n) is 8.69. The maximum Gasteiger partial charge on any atom is 0.317 e. The van der Waals surface area contributed by atoms with Crippen molar-refractivity contribution in [1.29, 1.82) is 0 Å². The fourth-order valence-corrected chi connectivity index (χ4v) is 5.92. The average Bonchev–Trinajstić information content (AvgIpc) is 3.04. The molecule has 11 heteroatoms. The van der Waals surface area contributed by atoms with Gasteiger partial charge in [-0.1, -0.05) is 26.2 Å². The maximum absolute atomic E-state index is 13.5. The highest BCUT2D eigenvalue weighted by atomic mass is 16.5. The third kappa shape index (κ3) is 9.05. The Morgan fingerprint density at radius 3 is 2.62 bits per heavy atom. The van der Waals surface area contributed by atoms with Crippen LogP contribution in [0, 0.1) is 5.92 Å². The van der Waals surface area contributed by atoms with Crippen LogP contribution in [0.15, 0.2) is 18.2 Å². The number of aliphatic hydroxyl groups excluding tert-OH is 1. The van der Waals surface area contributed by atoms with Gasteiger partial charge in [-0.3, -0.25) is 14.5 Å². The van der Waals surface area contributed by atoms with Crippen molar-refractivity contribution < 1.29 is 29.0 Å². The van der Waals surface area contributed by atoms with Crippen LogP contribution in [0.3, 0.4) is 0 Å². The molecule has 3 atom stereocenters. The van der Waals surface area contributed by atoms with Crippen LogP contribution in [0.5, 0.6) is 5.75 Å². The fraction of sp³-hybridized carbons (Fsp3) is 0.710. The maximum atomic E-state index is 13.5. The van der Waals surface area contributed by atoms with E-state index in [0.29, 0.717) is 56.3 Å². The summed E-state index contributed by atoms with van der Waals surface area (Å²) in [7, 11) is 1.77. The highest BCUT2D eigenvalue weighted by Crippen LogP contribution is 2.29. The molecule has 3 aliphatic rings. The number of benzene rings is 1. The average molecular weight is 588 g/mol. The number of amides is 4. The number of aliphatic hydroxyl groups is 1. The molecule has 0 radical (unpaired) electrons. The standard InChI is InChI=1S/C31H49N5O6/c1-22-19-36(23(2)21-37)30(39)18-24-17-26(32-29(38)11-12-35-13-15-41-16-14-35)9-10-27(24)42-28(22)20-34(3)31(40)33-25-7-5-4-6-8-25/h9-10,17,22-23,25,28,37H,4-8,11-16,18-21H2,1-3H3,(H,32,38)(H,33,40)/t22-,23-,28-/m1/s1. The molecule has 4 amide bonds. The number of urea groups is 1. The molecule has 1 aromatic carbocycles. The molecule has 2 heterocycles. The summed E-state index contributed by atoms with van der Waals surface area (Å²) < 4.78 is 11.9. The van der Waals surface area contributed by atoms with Gasteiger partial charge in [-0.25, -0.2) is 4.79 Å². The Kier molecular flexibility index (Phi) is 11.9. The summed E-state index contributed by atoms with van der Waals surface area (Å²) in [6, 6.07) is 5.11. The van der Waals surface area contributed by atoms with Crippen LogP contribution in [0.2, 0.25) is 0 Å². The van der Waals surface area contributed by atoms with Crippen molar-refractivity contribution in [2.45, 2.75) is 77.0 Å². The molecule has 42 heavy (non-hydrogen) atoms. The lowest BCUT2D eigenvalue weighted by Gasteiger charge is -2.34. The number of rotatable bonds is 9. The van der Waals surface area contributed by atoms with Crippen molar-refractivity contribution in [2.24, 2.45) is 5.92 Å². The number of nitrogens with zero attached hydrogens (tertiary/aromatic N) is 3. The lowest BCUT2D eigenvalue weighted by Crippen LogP contribution is -2.50. The first-order chi connectivity index (χ1) is 20.2. The number of carbonyl (C=O) groups is 3. The zero-order chi connectivity index (χ0) is 30.1. The van der Waals surface area contributed by atoms with E-state index in [4.69, 9.17) is 9.47 Å². The van der Waals surface area contributed by atoms with Crippen molar-refractivity contribution in [1.82, 2.24) is 20.0 Å². The van der Waals surface area contributed by atoms with Gasteiger partial charge in [0.2, 0.25) is 11.8 Å². The largest absolute Gasteiger partial charge is 0.488 e. The lowest BCUT2D eigenvalue weighted by molar-refractivity contribution is -0.134. The summed E-state index contributed by atoms with van der Waals surface area (Å²) in [5, 5.41) is 16.0. The minimum atomic E-state index is -0.390. The summed E-state index contributed by atoms with van der Waals surface area (Å²) in [6.07, 6.45) is 5.55. The van der Waals surface area contributed by atoms with Crippen LogP contribution in [0.25, 0.3) is 0 Å². The van der Waals surface area contributed by atoms with Crippen LogP contribution >= 0.6 is 0 Å². The molecule has 2 fully saturated rings. The van der Waals surface area contributed by atoms with E-state index in [9.17, 15) is 19.5 Å². The number of nitrogens with one attached hydrogen (secondary N) is 2. The molecule has 1 aromatic rings. The van der Waals surface area contributed by atoms with Crippen molar-refractivity contribution in [3.63, 3.8) is 0 Å². The van der Waals surface area contributed by atoms with Gasteiger partial charge in [0.25, 0.3) is 0 Å². The predicted molar refractivity (Wildman–Crippen MR) is 161 cm³/mol. The Morgan fingerprint density at radius 1 is 1.17 bits per heavy atom. The normalized spacial score (nSPS) is 23.0. The molecule has 2 aliphatic heterocycles. The van der Waals surface area contributed by atoms with Crippen LogP contribution in [-0.4, -0.2) is 115 Å². The molecule has 3 N–H and O–H groups in total. The first-order valence-corrected chi connectivity index (χ1v) is 15.5. The van der Waals surface area contributed by atoms with E-state index in [1.807, 2.05) is 13.8 Å². The van der Waals surface area contributed by atoms with Crippen LogP contribution in [-0.2, 0) is 20.7 Å². The number of ether oxygens (including phenoxy) is 2. The van der Waals surface area contributed by atoms with Crippen LogP contribution in [0.4, 0.5) is 10.5 Å². The van der Waals surface area contributed by atoms with Gasteiger partial charge in [-0.05, 0) is 38.0 Å². The zero-order valence-corrected chi connectivity index (χ0v) is 25.5. The summed E-state index contributed by atoms with van der Waals surface area (Å²) in [5.41, 5.74) is 1.27. The molecule has 1 aliphatic carbocycles. The summed E-state index contributed by atoms with van der Waals surface area (Å²) >= 11 is 0. The van der Waals surface area contributed by atoms with Crippen molar-refractivity contribution >= 4 is 23.5 Å². The molecular weight excluding hydrogens is 538 g/mol. The van der Waals surface area contributed by atoms with E-state index < -0.39 is 0 Å². The van der Waals surface area contributed by atoms with Crippen molar-refractivity contribution in [3.8, 4) is 5.75 Å². The smallest absolute Gasteiger partial charge is 0.317 e. The summed E-state index contributed by atoms with van der Waals surface area (Å²) in [6.45, 7) is 8.11. The van der Waals surface area contributed by atoms with E-state index in [-0.39, 0.29) is 55.0 Å². The molecule has 1 saturated carbocycles. The molecule has 0 unspecified atom stereocenters. The Balaban J connectivity index is 1.48. The second-order valence-electron chi connectivity index (χ2n) is 12.1. The second-order valence-corrected chi connectivity index (χ2v) is 12.1. The minimum absolute atomic E-state index is 0.0780.